The van der Waals surface area contributed by atoms with Crippen molar-refractivity contribution in [2.45, 2.75) is 24.3 Å². The van der Waals surface area contributed by atoms with Gasteiger partial charge in [0.1, 0.15) is 0 Å². The van der Waals surface area contributed by atoms with Gasteiger partial charge in [0.15, 0.2) is 11.5 Å². The summed E-state index contributed by atoms with van der Waals surface area (Å²) in [6.45, 7) is 1.92. The molecule has 0 N–H and O–H groups in total. The van der Waals surface area contributed by atoms with Gasteiger partial charge in [-0.1, -0.05) is 57.9 Å². The second-order valence-electron chi connectivity index (χ2n) is 7.45. The van der Waals surface area contributed by atoms with Crippen molar-refractivity contribution in [2.24, 2.45) is 5.10 Å². The van der Waals surface area contributed by atoms with Gasteiger partial charge in [-0.05, 0) is 42.8 Å². The second kappa shape index (κ2) is 8.96. The fraction of sp³-hybridized carbons (Fsp3) is 0.208. The molecule has 1 heterocycles. The van der Waals surface area contributed by atoms with Crippen LogP contribution in [0.5, 0.6) is 11.5 Å². The number of hydrogen-bond donors (Lipinski definition) is 0. The SMILES string of the molecule is COc1cccc(C2CC(c3cccc(Br)c3)=NN2S(=O)(=O)c2ccc(C)cc2)c1OC. The molecule has 0 bridgehead atoms. The third kappa shape index (κ3) is 4.12. The fourth-order valence-electron chi connectivity index (χ4n) is 3.78. The number of halogens is 1. The van der Waals surface area contributed by atoms with Crippen molar-refractivity contribution >= 4 is 31.7 Å². The Balaban J connectivity index is 1.86. The van der Waals surface area contributed by atoms with Crippen LogP contribution in [0, 0.1) is 6.92 Å². The first-order valence-corrected chi connectivity index (χ1v) is 12.2. The highest BCUT2D eigenvalue weighted by Gasteiger charge is 2.39. The summed E-state index contributed by atoms with van der Waals surface area (Å²) in [6.07, 6.45) is 0.394. The molecule has 8 heteroatoms. The maximum Gasteiger partial charge on any atom is 0.279 e. The van der Waals surface area contributed by atoms with Gasteiger partial charge >= 0.3 is 0 Å². The Bertz CT molecular complexity index is 1270. The van der Waals surface area contributed by atoms with Crippen molar-refractivity contribution in [1.82, 2.24) is 4.41 Å². The number of nitrogens with zero attached hydrogens (tertiary/aromatic N) is 2. The minimum atomic E-state index is -3.91. The van der Waals surface area contributed by atoms with Gasteiger partial charge in [-0.25, -0.2) is 0 Å². The molecule has 32 heavy (non-hydrogen) atoms. The van der Waals surface area contributed by atoms with E-state index >= 15 is 0 Å². The first kappa shape index (κ1) is 22.4. The molecule has 0 aliphatic carbocycles. The van der Waals surface area contributed by atoms with Crippen LogP contribution in [0.2, 0.25) is 0 Å². The Labute approximate surface area is 196 Å². The average Bonchev–Trinajstić information content (AvgIpc) is 3.25. The van der Waals surface area contributed by atoms with E-state index in [9.17, 15) is 8.42 Å². The van der Waals surface area contributed by atoms with E-state index in [4.69, 9.17) is 9.47 Å². The lowest BCUT2D eigenvalue weighted by atomic mass is 9.98. The topological polar surface area (TPSA) is 68.2 Å². The maximum atomic E-state index is 13.7. The molecule has 3 aromatic carbocycles. The van der Waals surface area contributed by atoms with E-state index in [1.165, 1.54) is 4.41 Å². The van der Waals surface area contributed by atoms with Crippen molar-refractivity contribution < 1.29 is 17.9 Å². The van der Waals surface area contributed by atoms with E-state index in [0.717, 1.165) is 15.6 Å². The number of rotatable bonds is 6. The molecule has 1 atom stereocenters. The van der Waals surface area contributed by atoms with Crippen LogP contribution in [0.15, 0.2) is 81.2 Å². The molecule has 1 aliphatic rings. The van der Waals surface area contributed by atoms with Crippen LogP contribution < -0.4 is 9.47 Å². The minimum Gasteiger partial charge on any atom is -0.493 e. The number of benzene rings is 3. The van der Waals surface area contributed by atoms with Crippen molar-refractivity contribution in [3.8, 4) is 11.5 Å². The van der Waals surface area contributed by atoms with Crippen LogP contribution in [0.3, 0.4) is 0 Å². The average molecular weight is 515 g/mol. The Kier molecular flexibility index (Phi) is 6.26. The fourth-order valence-corrected chi connectivity index (χ4v) is 5.60. The molecule has 1 unspecified atom stereocenters. The molecule has 0 aromatic heterocycles. The first-order chi connectivity index (χ1) is 15.3. The molecule has 0 saturated carbocycles. The van der Waals surface area contributed by atoms with Gasteiger partial charge in [0, 0.05) is 16.5 Å². The molecule has 166 valence electrons. The first-order valence-electron chi connectivity index (χ1n) is 10.0. The van der Waals surface area contributed by atoms with E-state index in [2.05, 4.69) is 21.0 Å². The van der Waals surface area contributed by atoms with Crippen LogP contribution in [-0.2, 0) is 10.0 Å². The number of hydrogen-bond acceptors (Lipinski definition) is 5. The molecule has 4 rings (SSSR count). The normalized spacial score (nSPS) is 16.1. The van der Waals surface area contributed by atoms with Gasteiger partial charge in [0.05, 0.1) is 30.9 Å². The summed E-state index contributed by atoms with van der Waals surface area (Å²) in [7, 11) is -0.808. The summed E-state index contributed by atoms with van der Waals surface area (Å²) in [4.78, 5) is 0.189. The summed E-state index contributed by atoms with van der Waals surface area (Å²) in [5, 5.41) is 4.60. The zero-order valence-corrected chi connectivity index (χ0v) is 20.4. The predicted molar refractivity (Wildman–Crippen MR) is 128 cm³/mol. The van der Waals surface area contributed by atoms with Crippen LogP contribution in [-0.4, -0.2) is 32.8 Å². The lowest BCUT2D eigenvalue weighted by Gasteiger charge is -2.25. The van der Waals surface area contributed by atoms with Crippen molar-refractivity contribution in [3.05, 3.63) is 87.9 Å². The second-order valence-corrected chi connectivity index (χ2v) is 10.2. The monoisotopic (exact) mass is 514 g/mol. The number of methoxy groups -OCH3 is 2. The third-order valence-corrected chi connectivity index (χ3v) is 7.58. The van der Waals surface area contributed by atoms with Crippen molar-refractivity contribution in [1.29, 1.82) is 0 Å². The van der Waals surface area contributed by atoms with Gasteiger partial charge in [-0.15, -0.1) is 0 Å². The quantitative estimate of drug-likeness (QED) is 0.446. The Morgan fingerprint density at radius 1 is 1.00 bits per heavy atom. The number of aryl methyl sites for hydroxylation is 1. The molecule has 0 radical (unpaired) electrons. The molecule has 0 fully saturated rings. The summed E-state index contributed by atoms with van der Waals surface area (Å²) < 4.78 is 40.5. The number of ether oxygens (including phenoxy) is 2. The van der Waals surface area contributed by atoms with Gasteiger partial charge in [-0.2, -0.15) is 17.9 Å². The maximum absolute atomic E-state index is 13.7. The molecule has 6 nitrogen and oxygen atoms in total. The third-order valence-electron chi connectivity index (χ3n) is 5.39. The van der Waals surface area contributed by atoms with Crippen molar-refractivity contribution in [2.75, 3.05) is 14.2 Å². The molecule has 0 saturated heterocycles. The number of sulfonamides is 1. The van der Waals surface area contributed by atoms with Gasteiger partial charge in [-0.3, -0.25) is 0 Å². The molecule has 3 aromatic rings. The standard InChI is InChI=1S/C24H23BrN2O4S/c1-16-10-12-19(13-11-16)32(28,29)27-22(20-8-5-9-23(30-2)24(20)31-3)15-21(26-27)17-6-4-7-18(25)14-17/h4-14,22H,15H2,1-3H3. The zero-order valence-electron chi connectivity index (χ0n) is 17.9. The summed E-state index contributed by atoms with van der Waals surface area (Å²) in [5.41, 5.74) is 3.20. The van der Waals surface area contributed by atoms with E-state index in [1.807, 2.05) is 43.3 Å². The lowest BCUT2D eigenvalue weighted by Crippen LogP contribution is -2.27. The van der Waals surface area contributed by atoms with Gasteiger partial charge in [0.25, 0.3) is 10.0 Å². The van der Waals surface area contributed by atoms with Crippen LogP contribution in [0.25, 0.3) is 0 Å². The van der Waals surface area contributed by atoms with E-state index < -0.39 is 16.1 Å². The highest BCUT2D eigenvalue weighted by Crippen LogP contribution is 2.43. The molecular formula is C24H23BrN2O4S. The van der Waals surface area contributed by atoms with Crippen LogP contribution in [0.4, 0.5) is 0 Å². The Morgan fingerprint density at radius 3 is 2.38 bits per heavy atom. The number of hydrazone groups is 1. The molecular weight excluding hydrogens is 492 g/mol. The van der Waals surface area contributed by atoms with Gasteiger partial charge in [0.2, 0.25) is 0 Å². The summed E-state index contributed by atoms with van der Waals surface area (Å²) >= 11 is 3.49. The van der Waals surface area contributed by atoms with Crippen LogP contribution >= 0.6 is 15.9 Å². The lowest BCUT2D eigenvalue weighted by molar-refractivity contribution is 0.328. The molecule has 0 amide bonds. The predicted octanol–water partition coefficient (Wildman–Crippen LogP) is 5.31. The summed E-state index contributed by atoms with van der Waals surface area (Å²) in [5.74, 6) is 1.03. The summed E-state index contributed by atoms with van der Waals surface area (Å²) in [6, 6.07) is 19.3. The minimum absolute atomic E-state index is 0.189. The smallest absolute Gasteiger partial charge is 0.279 e. The largest absolute Gasteiger partial charge is 0.493 e. The highest BCUT2D eigenvalue weighted by molar-refractivity contribution is 9.10. The highest BCUT2D eigenvalue weighted by atomic mass is 79.9. The Morgan fingerprint density at radius 2 is 1.72 bits per heavy atom. The van der Waals surface area contributed by atoms with E-state index in [-0.39, 0.29) is 4.90 Å². The Hall–Kier alpha value is -2.84. The van der Waals surface area contributed by atoms with Crippen molar-refractivity contribution in [3.63, 3.8) is 0 Å². The van der Waals surface area contributed by atoms with E-state index in [1.54, 1.807) is 44.6 Å². The van der Waals surface area contributed by atoms with E-state index in [0.29, 0.717) is 29.2 Å². The number of para-hydroxylation sites is 1. The van der Waals surface area contributed by atoms with Gasteiger partial charge < -0.3 is 9.47 Å². The molecule has 1 aliphatic heterocycles. The molecule has 0 spiro atoms. The zero-order chi connectivity index (χ0) is 22.9. The van der Waals surface area contributed by atoms with Crippen LogP contribution in [0.1, 0.15) is 29.2 Å².